The third kappa shape index (κ3) is 3.41. The average molecular weight is 288 g/mol. The highest BCUT2D eigenvalue weighted by molar-refractivity contribution is 5.94. The van der Waals surface area contributed by atoms with E-state index in [-0.39, 0.29) is 17.2 Å². The van der Waals surface area contributed by atoms with Gasteiger partial charge in [0, 0.05) is 18.8 Å². The van der Waals surface area contributed by atoms with Gasteiger partial charge in [-0.25, -0.2) is 9.89 Å². The van der Waals surface area contributed by atoms with Crippen LogP contribution in [0.25, 0.3) is 0 Å². The lowest BCUT2D eigenvalue weighted by atomic mass is 10.1. The van der Waals surface area contributed by atoms with Crippen molar-refractivity contribution in [2.24, 2.45) is 10.2 Å². The van der Waals surface area contributed by atoms with Gasteiger partial charge in [0.15, 0.2) is 0 Å². The molecule has 8 heteroatoms. The number of nitrogens with zero attached hydrogens (tertiary/aromatic N) is 5. The van der Waals surface area contributed by atoms with Crippen molar-refractivity contribution in [1.29, 1.82) is 0 Å². The second-order valence-electron chi connectivity index (χ2n) is 4.19. The summed E-state index contributed by atoms with van der Waals surface area (Å²) in [5, 5.41) is 23.2. The maximum absolute atomic E-state index is 11.4. The van der Waals surface area contributed by atoms with E-state index < -0.39 is 5.97 Å². The van der Waals surface area contributed by atoms with E-state index in [9.17, 15) is 9.90 Å². The normalized spacial score (nSPS) is 11.0. The number of carboxylic acid groups (broad SMARTS) is 1. The van der Waals surface area contributed by atoms with Gasteiger partial charge < -0.3 is 10.0 Å². The molecule has 110 valence electrons. The first-order chi connectivity index (χ1) is 10.2. The van der Waals surface area contributed by atoms with Gasteiger partial charge in [-0.1, -0.05) is 0 Å². The smallest absolute Gasteiger partial charge is 0.338 e. The van der Waals surface area contributed by atoms with Crippen molar-refractivity contribution in [2.45, 2.75) is 13.8 Å². The van der Waals surface area contributed by atoms with Crippen molar-refractivity contribution in [3.63, 3.8) is 0 Å². The van der Waals surface area contributed by atoms with Crippen molar-refractivity contribution >= 4 is 23.3 Å². The molecule has 2 aromatic rings. The Morgan fingerprint density at radius 3 is 2.67 bits per heavy atom. The Kier molecular flexibility index (Phi) is 4.60. The molecule has 1 heterocycles. The number of azo groups is 1. The van der Waals surface area contributed by atoms with E-state index in [1.807, 2.05) is 19.9 Å². The highest BCUT2D eigenvalue weighted by atomic mass is 16.4. The van der Waals surface area contributed by atoms with Crippen molar-refractivity contribution in [3.05, 3.63) is 30.1 Å². The molecule has 0 aliphatic heterocycles. The van der Waals surface area contributed by atoms with E-state index in [1.165, 1.54) is 6.33 Å². The minimum absolute atomic E-state index is 0.0997. The van der Waals surface area contributed by atoms with Gasteiger partial charge in [0.2, 0.25) is 0 Å². The van der Waals surface area contributed by atoms with Crippen LogP contribution in [0.4, 0.5) is 17.3 Å². The molecule has 2 N–H and O–H groups in total. The number of aromatic carboxylic acids is 1. The number of aromatic amines is 1. The number of carbonyl (C=O) groups is 1. The first kappa shape index (κ1) is 14.6. The topological polar surface area (TPSA) is 107 Å². The van der Waals surface area contributed by atoms with Crippen LogP contribution in [0.2, 0.25) is 0 Å². The van der Waals surface area contributed by atoms with Gasteiger partial charge in [-0.05, 0) is 32.0 Å². The zero-order valence-electron chi connectivity index (χ0n) is 11.8. The molecule has 2 rings (SSSR count). The Morgan fingerprint density at radius 1 is 1.33 bits per heavy atom. The molecule has 0 fully saturated rings. The molecule has 0 spiro atoms. The van der Waals surface area contributed by atoms with Gasteiger partial charge in [-0.2, -0.15) is 10.1 Å². The lowest BCUT2D eigenvalue weighted by Gasteiger charge is -2.21. The standard InChI is InChI=1S/C13H16N6O2/c1-3-19(4-2)9-5-6-11(10(7-9)12(20)21)16-18-13-14-8-15-17-13/h5-8H,3-4H2,1-2H3,(H,20,21)(H,14,15,17). The first-order valence-corrected chi connectivity index (χ1v) is 6.55. The van der Waals surface area contributed by atoms with E-state index in [0.29, 0.717) is 0 Å². The SMILES string of the molecule is CCN(CC)c1ccc(N=Nc2ncn[nH]2)c(C(=O)O)c1. The molecule has 0 saturated heterocycles. The van der Waals surface area contributed by atoms with Crippen LogP contribution in [0.15, 0.2) is 34.8 Å². The van der Waals surface area contributed by atoms with Gasteiger partial charge >= 0.3 is 5.97 Å². The van der Waals surface area contributed by atoms with Crippen LogP contribution < -0.4 is 4.90 Å². The molecule has 0 aliphatic carbocycles. The van der Waals surface area contributed by atoms with Crippen LogP contribution in [0, 0.1) is 0 Å². The highest BCUT2D eigenvalue weighted by Crippen LogP contribution is 2.26. The monoisotopic (exact) mass is 288 g/mol. The molecule has 0 saturated carbocycles. The number of hydrogen-bond donors (Lipinski definition) is 2. The second-order valence-corrected chi connectivity index (χ2v) is 4.19. The summed E-state index contributed by atoms with van der Waals surface area (Å²) in [6.07, 6.45) is 1.30. The Hall–Kier alpha value is -2.77. The van der Waals surface area contributed by atoms with Crippen LogP contribution >= 0.6 is 0 Å². The van der Waals surface area contributed by atoms with E-state index in [2.05, 4.69) is 30.3 Å². The molecule has 0 unspecified atom stereocenters. The predicted octanol–water partition coefficient (Wildman–Crippen LogP) is 2.76. The van der Waals surface area contributed by atoms with E-state index in [1.54, 1.807) is 12.1 Å². The molecule has 0 aliphatic rings. The summed E-state index contributed by atoms with van der Waals surface area (Å²) >= 11 is 0. The molecule has 8 nitrogen and oxygen atoms in total. The Bertz CT molecular complexity index is 634. The highest BCUT2D eigenvalue weighted by Gasteiger charge is 2.13. The average Bonchev–Trinajstić information content (AvgIpc) is 3.00. The molecule has 1 aromatic carbocycles. The van der Waals surface area contributed by atoms with Crippen molar-refractivity contribution in [2.75, 3.05) is 18.0 Å². The molecule has 21 heavy (non-hydrogen) atoms. The van der Waals surface area contributed by atoms with Crippen LogP contribution in [-0.2, 0) is 0 Å². The van der Waals surface area contributed by atoms with Crippen LogP contribution in [0.3, 0.4) is 0 Å². The molecule has 0 radical (unpaired) electrons. The summed E-state index contributed by atoms with van der Waals surface area (Å²) in [4.78, 5) is 17.2. The zero-order chi connectivity index (χ0) is 15.2. The van der Waals surface area contributed by atoms with E-state index in [4.69, 9.17) is 0 Å². The quantitative estimate of drug-likeness (QED) is 0.795. The van der Waals surface area contributed by atoms with Gasteiger partial charge in [-0.3, -0.25) is 0 Å². The van der Waals surface area contributed by atoms with Gasteiger partial charge in [0.1, 0.15) is 12.0 Å². The minimum atomic E-state index is -1.05. The number of carboxylic acids is 1. The fourth-order valence-electron chi connectivity index (χ4n) is 1.92. The minimum Gasteiger partial charge on any atom is -0.478 e. The lowest BCUT2D eigenvalue weighted by Crippen LogP contribution is -2.22. The number of anilines is 1. The number of nitrogens with one attached hydrogen (secondary N) is 1. The van der Waals surface area contributed by atoms with Gasteiger partial charge in [-0.15, -0.1) is 10.2 Å². The summed E-state index contributed by atoms with van der Waals surface area (Å²) in [6, 6.07) is 5.06. The fraction of sp³-hybridized carbons (Fsp3) is 0.308. The number of hydrogen-bond acceptors (Lipinski definition) is 6. The predicted molar refractivity (Wildman–Crippen MR) is 77.5 cm³/mol. The van der Waals surface area contributed by atoms with Crippen molar-refractivity contribution in [3.8, 4) is 0 Å². The molecule has 1 aromatic heterocycles. The maximum Gasteiger partial charge on any atom is 0.338 e. The number of H-pyrrole nitrogens is 1. The Labute approximate surface area is 121 Å². The zero-order valence-corrected chi connectivity index (χ0v) is 11.8. The third-order valence-electron chi connectivity index (χ3n) is 2.99. The Morgan fingerprint density at radius 2 is 2.10 bits per heavy atom. The van der Waals surface area contributed by atoms with E-state index in [0.717, 1.165) is 18.8 Å². The summed E-state index contributed by atoms with van der Waals surface area (Å²) in [5.74, 6) is -0.824. The molecular weight excluding hydrogens is 272 g/mol. The summed E-state index contributed by atoms with van der Waals surface area (Å²) in [5.41, 5.74) is 1.22. The lowest BCUT2D eigenvalue weighted by molar-refractivity contribution is 0.0698. The van der Waals surface area contributed by atoms with E-state index >= 15 is 0 Å². The number of rotatable bonds is 6. The fourth-order valence-corrected chi connectivity index (χ4v) is 1.92. The van der Waals surface area contributed by atoms with Crippen LogP contribution in [0.5, 0.6) is 0 Å². The van der Waals surface area contributed by atoms with Crippen LogP contribution in [-0.4, -0.2) is 39.3 Å². The number of aromatic nitrogens is 3. The molecule has 0 bridgehead atoms. The Balaban J connectivity index is 2.35. The summed E-state index contributed by atoms with van der Waals surface area (Å²) in [6.45, 7) is 5.63. The van der Waals surface area contributed by atoms with Crippen molar-refractivity contribution < 1.29 is 9.90 Å². The molecular formula is C13H16N6O2. The molecule has 0 amide bonds. The van der Waals surface area contributed by atoms with Gasteiger partial charge in [0.05, 0.1) is 5.56 Å². The van der Waals surface area contributed by atoms with Gasteiger partial charge in [0.25, 0.3) is 5.95 Å². The van der Waals surface area contributed by atoms with Crippen molar-refractivity contribution in [1.82, 2.24) is 15.2 Å². The summed E-state index contributed by atoms with van der Waals surface area (Å²) in [7, 11) is 0. The summed E-state index contributed by atoms with van der Waals surface area (Å²) < 4.78 is 0. The molecule has 0 atom stereocenters. The number of benzene rings is 1. The van der Waals surface area contributed by atoms with Crippen LogP contribution in [0.1, 0.15) is 24.2 Å². The second kappa shape index (κ2) is 6.60. The first-order valence-electron chi connectivity index (χ1n) is 6.55. The largest absolute Gasteiger partial charge is 0.478 e. The third-order valence-corrected chi connectivity index (χ3v) is 2.99. The maximum atomic E-state index is 11.4.